The molecular weight excluding hydrogens is 544 g/mol. The quantitative estimate of drug-likeness (QED) is 0.332. The molecule has 2 atom stereocenters. The number of carbonyl (C=O) groups excluding carboxylic acids is 1. The van der Waals surface area contributed by atoms with Gasteiger partial charge in [-0.1, -0.05) is 50.6 Å². The number of para-hydroxylation sites is 1. The molecule has 2 fully saturated rings. The molecule has 0 unspecified atom stereocenters. The molecule has 0 radical (unpaired) electrons. The van der Waals surface area contributed by atoms with Gasteiger partial charge in [-0.15, -0.1) is 0 Å². The number of likely N-dealkylation sites (tertiary alicyclic amines) is 1. The van der Waals surface area contributed by atoms with E-state index >= 15 is 0 Å². The van der Waals surface area contributed by atoms with Gasteiger partial charge >= 0.3 is 5.97 Å². The standard InChI is InChI=1S/C34H42N4O5/c1-23(2)22-43-27-14-11-24(12-15-27)13-16-29-28(33(40)41)19-35-34(36-29)37-20-26-9-6-7-17-38(30(26)21-37)32(39)18-25-8-4-5-10-31(25)42-3/h4-5,8,10-12,14-15,19,23,26,30H,6-7,9,13,16-18,20-22H2,1-3H3,(H,40,41)/t26-,30-/m0/s1. The van der Waals surface area contributed by atoms with E-state index in [4.69, 9.17) is 14.5 Å². The van der Waals surface area contributed by atoms with Gasteiger partial charge in [0.1, 0.15) is 11.5 Å². The monoisotopic (exact) mass is 586 g/mol. The first-order valence-corrected chi connectivity index (χ1v) is 15.3. The van der Waals surface area contributed by atoms with Gasteiger partial charge in [-0.05, 0) is 61.3 Å². The van der Waals surface area contributed by atoms with Crippen molar-refractivity contribution in [2.45, 2.75) is 58.4 Å². The van der Waals surface area contributed by atoms with Crippen molar-refractivity contribution in [1.82, 2.24) is 14.9 Å². The number of carboxylic acid groups (broad SMARTS) is 1. The van der Waals surface area contributed by atoms with E-state index < -0.39 is 5.97 Å². The molecule has 9 nitrogen and oxygen atoms in total. The first kappa shape index (κ1) is 30.3. The number of rotatable bonds is 11. The number of hydrogen-bond acceptors (Lipinski definition) is 7. The molecule has 3 heterocycles. The number of hydrogen-bond donors (Lipinski definition) is 1. The Balaban J connectivity index is 1.29. The summed E-state index contributed by atoms with van der Waals surface area (Å²) in [6, 6.07) is 15.7. The third kappa shape index (κ3) is 7.45. The lowest BCUT2D eigenvalue weighted by Gasteiger charge is -2.30. The average Bonchev–Trinajstić information content (AvgIpc) is 3.32. The number of carboxylic acids is 1. The second-order valence-corrected chi connectivity index (χ2v) is 12.0. The molecule has 0 bridgehead atoms. The molecule has 3 aromatic rings. The second-order valence-electron chi connectivity index (χ2n) is 12.0. The Morgan fingerprint density at radius 3 is 2.58 bits per heavy atom. The molecule has 0 saturated carbocycles. The minimum Gasteiger partial charge on any atom is -0.496 e. The summed E-state index contributed by atoms with van der Waals surface area (Å²) in [6.07, 6.45) is 5.96. The van der Waals surface area contributed by atoms with Crippen molar-refractivity contribution in [2.75, 3.05) is 38.3 Å². The molecule has 0 aliphatic carbocycles. The van der Waals surface area contributed by atoms with Gasteiger partial charge in [-0.2, -0.15) is 0 Å². The number of ether oxygens (including phenoxy) is 2. The fourth-order valence-electron chi connectivity index (χ4n) is 6.14. The lowest BCUT2D eigenvalue weighted by Crippen LogP contribution is -2.45. The highest BCUT2D eigenvalue weighted by Crippen LogP contribution is 2.33. The van der Waals surface area contributed by atoms with Crippen LogP contribution in [0.5, 0.6) is 11.5 Å². The highest BCUT2D eigenvalue weighted by molar-refractivity contribution is 5.88. The number of aromatic carboxylic acids is 1. The maximum absolute atomic E-state index is 13.6. The van der Waals surface area contributed by atoms with Crippen LogP contribution in [0.4, 0.5) is 5.95 Å². The number of carbonyl (C=O) groups is 2. The van der Waals surface area contributed by atoms with Gasteiger partial charge in [0.15, 0.2) is 0 Å². The highest BCUT2D eigenvalue weighted by Gasteiger charge is 2.40. The number of fused-ring (bicyclic) bond motifs is 1. The van der Waals surface area contributed by atoms with Crippen LogP contribution < -0.4 is 14.4 Å². The van der Waals surface area contributed by atoms with Crippen molar-refractivity contribution in [3.63, 3.8) is 0 Å². The van der Waals surface area contributed by atoms with Crippen molar-refractivity contribution >= 4 is 17.8 Å². The fraction of sp³-hybridized carbons (Fsp3) is 0.471. The Hall–Kier alpha value is -4.14. The molecule has 2 saturated heterocycles. The zero-order valence-electron chi connectivity index (χ0n) is 25.4. The fourth-order valence-corrected chi connectivity index (χ4v) is 6.14. The largest absolute Gasteiger partial charge is 0.496 e. The summed E-state index contributed by atoms with van der Waals surface area (Å²) in [5.41, 5.74) is 2.62. The van der Waals surface area contributed by atoms with Crippen molar-refractivity contribution in [1.29, 1.82) is 0 Å². The molecule has 0 spiro atoms. The summed E-state index contributed by atoms with van der Waals surface area (Å²) in [7, 11) is 1.63. The first-order chi connectivity index (χ1) is 20.8. The van der Waals surface area contributed by atoms with Gasteiger partial charge in [0.2, 0.25) is 11.9 Å². The lowest BCUT2D eigenvalue weighted by molar-refractivity contribution is -0.132. The lowest BCUT2D eigenvalue weighted by atomic mass is 9.98. The van der Waals surface area contributed by atoms with E-state index in [0.29, 0.717) is 55.9 Å². The predicted octanol–water partition coefficient (Wildman–Crippen LogP) is 5.06. The van der Waals surface area contributed by atoms with E-state index in [0.717, 1.165) is 55.0 Å². The number of aryl methyl sites for hydroxylation is 2. The second kappa shape index (κ2) is 13.9. The van der Waals surface area contributed by atoms with E-state index in [1.165, 1.54) is 6.20 Å². The Labute approximate surface area is 253 Å². The predicted molar refractivity (Wildman–Crippen MR) is 165 cm³/mol. The Morgan fingerprint density at radius 2 is 1.84 bits per heavy atom. The third-order valence-corrected chi connectivity index (χ3v) is 8.41. The number of aromatic nitrogens is 2. The van der Waals surface area contributed by atoms with E-state index in [-0.39, 0.29) is 17.5 Å². The van der Waals surface area contributed by atoms with Crippen LogP contribution in [-0.4, -0.2) is 71.2 Å². The molecule has 43 heavy (non-hydrogen) atoms. The number of anilines is 1. The molecule has 9 heteroatoms. The first-order valence-electron chi connectivity index (χ1n) is 15.3. The van der Waals surface area contributed by atoms with Gasteiger partial charge < -0.3 is 24.4 Å². The van der Waals surface area contributed by atoms with Crippen molar-refractivity contribution in [3.05, 3.63) is 77.1 Å². The molecule has 5 rings (SSSR count). The number of amides is 1. The van der Waals surface area contributed by atoms with Crippen LogP contribution >= 0.6 is 0 Å². The molecule has 1 amide bonds. The summed E-state index contributed by atoms with van der Waals surface area (Å²) in [6.45, 7) is 6.99. The number of methoxy groups -OCH3 is 1. The SMILES string of the molecule is COc1ccccc1CC(=O)N1CCCC[C@H]2CN(c3ncc(C(=O)O)c(CCc4ccc(OCC(C)C)cc4)n3)C[C@@H]21. The van der Waals surface area contributed by atoms with Crippen molar-refractivity contribution in [2.24, 2.45) is 11.8 Å². The van der Waals surface area contributed by atoms with Crippen LogP contribution in [0.25, 0.3) is 0 Å². The summed E-state index contributed by atoms with van der Waals surface area (Å²) in [5, 5.41) is 9.85. The topological polar surface area (TPSA) is 105 Å². The Kier molecular flexibility index (Phi) is 9.79. The third-order valence-electron chi connectivity index (χ3n) is 8.41. The molecule has 1 aromatic heterocycles. The maximum Gasteiger partial charge on any atom is 0.339 e. The van der Waals surface area contributed by atoms with Gasteiger partial charge in [0.05, 0.1) is 37.4 Å². The van der Waals surface area contributed by atoms with Gasteiger partial charge in [-0.25, -0.2) is 14.8 Å². The molecule has 2 aliphatic rings. The van der Waals surface area contributed by atoms with Gasteiger partial charge in [0, 0.05) is 31.4 Å². The van der Waals surface area contributed by atoms with Crippen LogP contribution in [-0.2, 0) is 24.1 Å². The van der Waals surface area contributed by atoms with Crippen LogP contribution in [0.15, 0.2) is 54.7 Å². The number of benzene rings is 2. The van der Waals surface area contributed by atoms with Crippen LogP contribution in [0.2, 0.25) is 0 Å². The Morgan fingerprint density at radius 1 is 1.05 bits per heavy atom. The average molecular weight is 587 g/mol. The van der Waals surface area contributed by atoms with E-state index in [1.54, 1.807) is 7.11 Å². The van der Waals surface area contributed by atoms with Crippen LogP contribution in [0, 0.1) is 11.8 Å². The zero-order valence-corrected chi connectivity index (χ0v) is 25.4. The molecule has 1 N–H and O–H groups in total. The van der Waals surface area contributed by atoms with Crippen LogP contribution in [0.1, 0.15) is 60.3 Å². The summed E-state index contributed by atoms with van der Waals surface area (Å²) in [5.74, 6) is 1.92. The normalized spacial score (nSPS) is 18.3. The summed E-state index contributed by atoms with van der Waals surface area (Å²) in [4.78, 5) is 39.1. The van der Waals surface area contributed by atoms with E-state index in [9.17, 15) is 14.7 Å². The van der Waals surface area contributed by atoms with Crippen molar-refractivity contribution in [3.8, 4) is 11.5 Å². The van der Waals surface area contributed by atoms with Gasteiger partial charge in [-0.3, -0.25) is 4.79 Å². The summed E-state index contributed by atoms with van der Waals surface area (Å²) >= 11 is 0. The Bertz CT molecular complexity index is 1410. The van der Waals surface area contributed by atoms with Gasteiger partial charge in [0.25, 0.3) is 0 Å². The minimum atomic E-state index is -1.03. The smallest absolute Gasteiger partial charge is 0.339 e. The van der Waals surface area contributed by atoms with E-state index in [2.05, 4.69) is 23.7 Å². The molecule has 2 aromatic carbocycles. The van der Waals surface area contributed by atoms with Crippen LogP contribution in [0.3, 0.4) is 0 Å². The zero-order chi connectivity index (χ0) is 30.3. The highest BCUT2D eigenvalue weighted by atomic mass is 16.5. The maximum atomic E-state index is 13.6. The van der Waals surface area contributed by atoms with E-state index in [1.807, 2.05) is 53.4 Å². The molecular formula is C34H42N4O5. The van der Waals surface area contributed by atoms with Crippen molar-refractivity contribution < 1.29 is 24.2 Å². The molecule has 228 valence electrons. The molecule has 2 aliphatic heterocycles. The number of nitrogens with zero attached hydrogens (tertiary/aromatic N) is 4. The summed E-state index contributed by atoms with van der Waals surface area (Å²) < 4.78 is 11.3. The minimum absolute atomic E-state index is 0.0623.